The predicted octanol–water partition coefficient (Wildman–Crippen LogP) is 2.73. The summed E-state index contributed by atoms with van der Waals surface area (Å²) in [6.45, 7) is 5.05. The number of nitrogens with one attached hydrogen (secondary N) is 1. The maximum absolute atomic E-state index is 4.76. The lowest BCUT2D eigenvalue weighted by atomic mass is 10.1. The van der Waals surface area contributed by atoms with Crippen LogP contribution in [-0.2, 0) is 19.5 Å². The summed E-state index contributed by atoms with van der Waals surface area (Å²) in [4.78, 5) is 8.68. The molecular weight excluding hydrogens is 254 g/mol. The number of aryl methyl sites for hydroxylation is 1. The van der Waals surface area contributed by atoms with Gasteiger partial charge in [-0.15, -0.1) is 11.3 Å². The van der Waals surface area contributed by atoms with Crippen molar-refractivity contribution in [3.63, 3.8) is 0 Å². The highest BCUT2D eigenvalue weighted by atomic mass is 32.1. The van der Waals surface area contributed by atoms with Crippen LogP contribution in [0.3, 0.4) is 0 Å². The van der Waals surface area contributed by atoms with Crippen molar-refractivity contribution < 1.29 is 0 Å². The van der Waals surface area contributed by atoms with E-state index in [4.69, 9.17) is 4.98 Å². The van der Waals surface area contributed by atoms with Crippen molar-refractivity contribution in [2.24, 2.45) is 0 Å². The van der Waals surface area contributed by atoms with Gasteiger partial charge in [-0.1, -0.05) is 6.07 Å². The molecule has 0 spiro atoms. The van der Waals surface area contributed by atoms with E-state index < -0.39 is 0 Å². The monoisotopic (exact) mass is 273 g/mol. The lowest BCUT2D eigenvalue weighted by Gasteiger charge is -2.28. The molecule has 3 rings (SSSR count). The van der Waals surface area contributed by atoms with E-state index in [1.54, 1.807) is 4.88 Å². The molecule has 3 heterocycles. The first-order valence-electron chi connectivity index (χ1n) is 6.69. The van der Waals surface area contributed by atoms with E-state index >= 15 is 0 Å². The van der Waals surface area contributed by atoms with Gasteiger partial charge in [-0.25, -0.2) is 4.98 Å². The van der Waals surface area contributed by atoms with Crippen LogP contribution < -0.4 is 10.2 Å². The van der Waals surface area contributed by atoms with E-state index in [-0.39, 0.29) is 0 Å². The zero-order valence-corrected chi connectivity index (χ0v) is 12.3. The van der Waals surface area contributed by atoms with Crippen LogP contribution in [0.4, 0.5) is 5.82 Å². The van der Waals surface area contributed by atoms with Gasteiger partial charge in [-0.3, -0.25) is 0 Å². The molecule has 4 heteroatoms. The fourth-order valence-corrected chi connectivity index (χ4v) is 3.46. The van der Waals surface area contributed by atoms with E-state index in [0.29, 0.717) is 0 Å². The Hall–Kier alpha value is -1.39. The smallest absolute Gasteiger partial charge is 0.129 e. The first-order valence-corrected chi connectivity index (χ1v) is 7.57. The first-order chi connectivity index (χ1) is 9.28. The molecule has 3 nitrogen and oxygen atoms in total. The van der Waals surface area contributed by atoms with Crippen molar-refractivity contribution in [1.29, 1.82) is 0 Å². The maximum Gasteiger partial charge on any atom is 0.129 e. The number of thiophene rings is 1. The van der Waals surface area contributed by atoms with Gasteiger partial charge < -0.3 is 10.2 Å². The van der Waals surface area contributed by atoms with Gasteiger partial charge in [0.15, 0.2) is 0 Å². The van der Waals surface area contributed by atoms with Crippen LogP contribution in [0.5, 0.6) is 0 Å². The number of nitrogens with zero attached hydrogens (tertiary/aromatic N) is 2. The fourth-order valence-electron chi connectivity index (χ4n) is 2.57. The fraction of sp³-hybridized carbons (Fsp3) is 0.400. The maximum atomic E-state index is 4.76. The number of hydrogen-bond acceptors (Lipinski definition) is 4. The zero-order chi connectivity index (χ0) is 13.2. The molecule has 0 aromatic carbocycles. The molecule has 0 amide bonds. The largest absolute Gasteiger partial charge is 0.352 e. The van der Waals surface area contributed by atoms with Gasteiger partial charge in [-0.2, -0.15) is 0 Å². The highest BCUT2D eigenvalue weighted by Crippen LogP contribution is 2.27. The molecule has 2 aromatic heterocycles. The van der Waals surface area contributed by atoms with Crippen LogP contribution in [-0.4, -0.2) is 18.6 Å². The topological polar surface area (TPSA) is 28.2 Å². The Morgan fingerprint density at radius 2 is 2.26 bits per heavy atom. The molecule has 0 radical (unpaired) electrons. The van der Waals surface area contributed by atoms with Gasteiger partial charge >= 0.3 is 0 Å². The second-order valence-electron chi connectivity index (χ2n) is 4.98. The number of fused-ring (bicyclic) bond motifs is 1. The van der Waals surface area contributed by atoms with Crippen molar-refractivity contribution in [3.05, 3.63) is 45.3 Å². The van der Waals surface area contributed by atoms with Gasteiger partial charge in [0.1, 0.15) is 5.82 Å². The molecule has 0 aliphatic carbocycles. The molecule has 1 N–H and O–H groups in total. The molecule has 1 aliphatic rings. The quantitative estimate of drug-likeness (QED) is 0.932. The molecule has 0 unspecified atom stereocenters. The molecule has 19 heavy (non-hydrogen) atoms. The van der Waals surface area contributed by atoms with Crippen LogP contribution in [0.15, 0.2) is 23.6 Å². The highest BCUT2D eigenvalue weighted by Gasteiger charge is 2.18. The van der Waals surface area contributed by atoms with E-state index in [1.807, 2.05) is 18.4 Å². The van der Waals surface area contributed by atoms with Gasteiger partial charge in [0.05, 0.1) is 0 Å². The molecular formula is C15H19N3S. The summed E-state index contributed by atoms with van der Waals surface area (Å²) in [7, 11) is 1.97. The average Bonchev–Trinajstić information content (AvgIpc) is 2.88. The van der Waals surface area contributed by atoms with Crippen molar-refractivity contribution in [2.75, 3.05) is 18.5 Å². The van der Waals surface area contributed by atoms with Gasteiger partial charge in [0.2, 0.25) is 0 Å². The molecule has 0 saturated heterocycles. The molecule has 0 bridgehead atoms. The third kappa shape index (κ3) is 2.51. The summed E-state index contributed by atoms with van der Waals surface area (Å²) in [5.41, 5.74) is 3.87. The second-order valence-corrected chi connectivity index (χ2v) is 5.99. The molecule has 0 saturated carbocycles. The van der Waals surface area contributed by atoms with Crippen molar-refractivity contribution in [3.8, 4) is 0 Å². The summed E-state index contributed by atoms with van der Waals surface area (Å²) in [5, 5.41) is 5.38. The van der Waals surface area contributed by atoms with E-state index in [0.717, 1.165) is 37.6 Å². The Morgan fingerprint density at radius 1 is 1.37 bits per heavy atom. The van der Waals surface area contributed by atoms with Crippen LogP contribution in [0.1, 0.15) is 21.7 Å². The van der Waals surface area contributed by atoms with E-state index in [2.05, 4.69) is 40.7 Å². The Balaban J connectivity index is 1.82. The minimum absolute atomic E-state index is 0.883. The molecule has 100 valence electrons. The molecule has 2 aromatic rings. The van der Waals surface area contributed by atoms with Crippen molar-refractivity contribution in [2.45, 2.75) is 26.4 Å². The lowest BCUT2D eigenvalue weighted by Crippen LogP contribution is -2.30. The second kappa shape index (κ2) is 5.31. The van der Waals surface area contributed by atoms with Crippen molar-refractivity contribution in [1.82, 2.24) is 10.3 Å². The van der Waals surface area contributed by atoms with Crippen LogP contribution in [0.2, 0.25) is 0 Å². The predicted molar refractivity (Wildman–Crippen MR) is 80.8 cm³/mol. The molecule has 0 atom stereocenters. The standard InChI is InChI=1S/C15H19N3S/c1-11-12(9-16-2)3-4-15(17-11)18-7-5-14-13(10-18)6-8-19-14/h3-4,6,8,16H,5,7,9-10H2,1-2H3. The SMILES string of the molecule is CNCc1ccc(N2CCc3sccc3C2)nc1C. The lowest BCUT2D eigenvalue weighted by molar-refractivity contribution is 0.727. The summed E-state index contributed by atoms with van der Waals surface area (Å²) in [6, 6.07) is 6.59. The summed E-state index contributed by atoms with van der Waals surface area (Å²) in [5.74, 6) is 1.11. The van der Waals surface area contributed by atoms with Gasteiger partial charge in [-0.05, 0) is 49.0 Å². The van der Waals surface area contributed by atoms with Crippen molar-refractivity contribution >= 4 is 17.2 Å². The number of pyridine rings is 1. The number of aromatic nitrogens is 1. The zero-order valence-electron chi connectivity index (χ0n) is 11.4. The molecule has 1 aliphatic heterocycles. The first kappa shape index (κ1) is 12.6. The van der Waals surface area contributed by atoms with Crippen LogP contribution in [0, 0.1) is 6.92 Å². The van der Waals surface area contributed by atoms with Crippen LogP contribution >= 0.6 is 11.3 Å². The number of rotatable bonds is 3. The minimum atomic E-state index is 0.883. The Kier molecular flexibility index (Phi) is 3.53. The average molecular weight is 273 g/mol. The number of hydrogen-bond donors (Lipinski definition) is 1. The Labute approximate surface area is 118 Å². The third-order valence-electron chi connectivity index (χ3n) is 3.68. The van der Waals surface area contributed by atoms with E-state index in [9.17, 15) is 0 Å². The Bertz CT molecular complexity index is 577. The number of anilines is 1. The molecule has 0 fully saturated rings. The minimum Gasteiger partial charge on any atom is -0.352 e. The summed E-state index contributed by atoms with van der Waals surface area (Å²) in [6.07, 6.45) is 1.14. The normalized spacial score (nSPS) is 14.5. The van der Waals surface area contributed by atoms with Gasteiger partial charge in [0.25, 0.3) is 0 Å². The third-order valence-corrected chi connectivity index (χ3v) is 4.70. The van der Waals surface area contributed by atoms with Crippen LogP contribution in [0.25, 0.3) is 0 Å². The summed E-state index contributed by atoms with van der Waals surface area (Å²) >= 11 is 1.88. The highest BCUT2D eigenvalue weighted by molar-refractivity contribution is 7.10. The van der Waals surface area contributed by atoms with Gasteiger partial charge in [0, 0.05) is 30.2 Å². The summed E-state index contributed by atoms with van der Waals surface area (Å²) < 4.78 is 0. The van der Waals surface area contributed by atoms with E-state index in [1.165, 1.54) is 11.1 Å². The Morgan fingerprint density at radius 3 is 3.05 bits per heavy atom.